The molecule has 0 bridgehead atoms. The highest BCUT2D eigenvalue weighted by Gasteiger charge is 2.49. The van der Waals surface area contributed by atoms with Gasteiger partial charge in [-0.2, -0.15) is 13.1 Å². The Bertz CT molecular complexity index is 1060. The lowest BCUT2D eigenvalue weighted by Gasteiger charge is -2.45. The van der Waals surface area contributed by atoms with Crippen LogP contribution in [0.25, 0.3) is 0 Å². The SMILES string of the molecule is CCO[C@@H]1[C@@H](OC)O[C@H](COC(=O)c2ccccc2)[C@@H](OCc2ccc(OC)cc2)[C@@H]1NS(=O)(=O)O. The number of rotatable bonds is 12. The van der Waals surface area contributed by atoms with E-state index < -0.39 is 46.9 Å². The van der Waals surface area contributed by atoms with E-state index in [1.807, 2.05) is 0 Å². The zero-order valence-electron chi connectivity index (χ0n) is 20.2. The predicted octanol–water partition coefficient (Wildman–Crippen LogP) is 1.97. The number of ether oxygens (including phenoxy) is 6. The molecule has 0 amide bonds. The van der Waals surface area contributed by atoms with Gasteiger partial charge in [-0.1, -0.05) is 30.3 Å². The Hall–Kier alpha value is -2.58. The van der Waals surface area contributed by atoms with Gasteiger partial charge in [0.05, 0.1) is 25.3 Å². The van der Waals surface area contributed by atoms with Gasteiger partial charge >= 0.3 is 16.3 Å². The predicted molar refractivity (Wildman–Crippen MR) is 128 cm³/mol. The van der Waals surface area contributed by atoms with Crippen molar-refractivity contribution < 1.29 is 46.2 Å². The summed E-state index contributed by atoms with van der Waals surface area (Å²) in [6, 6.07) is 14.3. The summed E-state index contributed by atoms with van der Waals surface area (Å²) in [5, 5.41) is 0. The van der Waals surface area contributed by atoms with Crippen molar-refractivity contribution in [2.75, 3.05) is 27.4 Å². The van der Waals surface area contributed by atoms with Crippen LogP contribution in [0, 0.1) is 0 Å². The van der Waals surface area contributed by atoms with Crippen LogP contribution in [0.1, 0.15) is 22.8 Å². The molecule has 1 aliphatic rings. The Morgan fingerprint density at radius 2 is 1.72 bits per heavy atom. The summed E-state index contributed by atoms with van der Waals surface area (Å²) < 4.78 is 69.2. The fraction of sp³-hybridized carbons (Fsp3) is 0.458. The zero-order chi connectivity index (χ0) is 26.1. The molecular weight excluding hydrogens is 494 g/mol. The van der Waals surface area contributed by atoms with E-state index in [0.717, 1.165) is 5.56 Å². The first-order chi connectivity index (χ1) is 17.3. The molecule has 2 aromatic rings. The lowest BCUT2D eigenvalue weighted by atomic mass is 9.96. The van der Waals surface area contributed by atoms with Gasteiger partial charge < -0.3 is 28.4 Å². The molecule has 0 spiro atoms. The van der Waals surface area contributed by atoms with Crippen LogP contribution >= 0.6 is 0 Å². The maximum absolute atomic E-state index is 12.5. The molecule has 1 saturated heterocycles. The number of carbonyl (C=O) groups excluding carboxylic acids is 1. The van der Waals surface area contributed by atoms with Gasteiger partial charge in [0, 0.05) is 13.7 Å². The number of methoxy groups -OCH3 is 2. The summed E-state index contributed by atoms with van der Waals surface area (Å²) in [4.78, 5) is 12.5. The molecule has 0 unspecified atom stereocenters. The summed E-state index contributed by atoms with van der Waals surface area (Å²) >= 11 is 0. The van der Waals surface area contributed by atoms with Crippen molar-refractivity contribution in [1.29, 1.82) is 0 Å². The molecular formula is C24H31NO10S. The Labute approximate surface area is 210 Å². The first-order valence-corrected chi connectivity index (χ1v) is 12.7. The molecule has 0 saturated carbocycles. The molecule has 36 heavy (non-hydrogen) atoms. The van der Waals surface area contributed by atoms with Gasteiger partial charge in [0.15, 0.2) is 6.29 Å². The minimum absolute atomic E-state index is 0.0568. The molecule has 0 aromatic heterocycles. The van der Waals surface area contributed by atoms with Crippen molar-refractivity contribution in [1.82, 2.24) is 4.72 Å². The van der Waals surface area contributed by atoms with Gasteiger partial charge in [0.25, 0.3) is 0 Å². The topological polar surface area (TPSA) is 139 Å². The van der Waals surface area contributed by atoms with Crippen molar-refractivity contribution in [3.63, 3.8) is 0 Å². The normalized spacial score (nSPS) is 24.3. The van der Waals surface area contributed by atoms with Gasteiger partial charge in [-0.05, 0) is 36.8 Å². The summed E-state index contributed by atoms with van der Waals surface area (Å²) in [6.45, 7) is 1.71. The van der Waals surface area contributed by atoms with Gasteiger partial charge in [-0.15, -0.1) is 0 Å². The van der Waals surface area contributed by atoms with Gasteiger partial charge in [-0.25, -0.2) is 4.79 Å². The van der Waals surface area contributed by atoms with Crippen LogP contribution in [0.15, 0.2) is 54.6 Å². The molecule has 1 fully saturated rings. The minimum Gasteiger partial charge on any atom is -0.497 e. The van der Waals surface area contributed by atoms with Crippen LogP contribution in [-0.2, 0) is 40.6 Å². The standard InChI is InChI=1S/C24H31NO10S/c1-4-32-22-20(25-36(27,28)29)21(33-14-16-10-12-18(30-2)13-11-16)19(35-24(22)31-3)15-34-23(26)17-8-6-5-7-9-17/h5-13,19-22,24-25H,4,14-15H2,1-3H3,(H,27,28,29)/t19-,20+,21-,22+,24+/m1/s1. The van der Waals surface area contributed by atoms with Crippen molar-refractivity contribution in [3.05, 3.63) is 65.7 Å². The van der Waals surface area contributed by atoms with E-state index in [2.05, 4.69) is 4.72 Å². The first-order valence-electron chi connectivity index (χ1n) is 11.3. The van der Waals surface area contributed by atoms with Crippen LogP contribution in [0.2, 0.25) is 0 Å². The third kappa shape index (κ3) is 7.71. The van der Waals surface area contributed by atoms with Crippen LogP contribution in [-0.4, -0.2) is 77.0 Å². The fourth-order valence-electron chi connectivity index (χ4n) is 3.86. The Balaban J connectivity index is 1.86. The smallest absolute Gasteiger partial charge is 0.338 e. The molecule has 198 valence electrons. The second-order valence-corrected chi connectivity index (χ2v) is 9.09. The average Bonchev–Trinajstić information content (AvgIpc) is 2.87. The Morgan fingerprint density at radius 1 is 1.03 bits per heavy atom. The number of esters is 1. The third-order valence-electron chi connectivity index (χ3n) is 5.52. The highest BCUT2D eigenvalue weighted by Crippen LogP contribution is 2.28. The summed E-state index contributed by atoms with van der Waals surface area (Å²) in [5.41, 5.74) is 1.11. The molecule has 11 nitrogen and oxygen atoms in total. The molecule has 0 aliphatic carbocycles. The van der Waals surface area contributed by atoms with E-state index >= 15 is 0 Å². The van der Waals surface area contributed by atoms with Crippen LogP contribution in [0.4, 0.5) is 0 Å². The second-order valence-electron chi connectivity index (χ2n) is 7.91. The molecule has 12 heteroatoms. The first kappa shape index (κ1) is 28.0. The number of hydrogen-bond acceptors (Lipinski definition) is 9. The Morgan fingerprint density at radius 3 is 2.31 bits per heavy atom. The van der Waals surface area contributed by atoms with Gasteiger partial charge in [0.1, 0.15) is 30.7 Å². The monoisotopic (exact) mass is 525 g/mol. The average molecular weight is 526 g/mol. The van der Waals surface area contributed by atoms with Crippen LogP contribution < -0.4 is 9.46 Å². The van der Waals surface area contributed by atoms with E-state index in [1.165, 1.54) is 7.11 Å². The largest absolute Gasteiger partial charge is 0.497 e. The molecule has 2 aromatic carbocycles. The van der Waals surface area contributed by atoms with E-state index in [9.17, 15) is 17.8 Å². The lowest BCUT2D eigenvalue weighted by Crippen LogP contribution is -2.66. The molecule has 3 rings (SSSR count). The summed E-state index contributed by atoms with van der Waals surface area (Å²) in [7, 11) is -1.75. The van der Waals surface area contributed by atoms with Crippen LogP contribution in [0.5, 0.6) is 5.75 Å². The number of hydrogen-bond donors (Lipinski definition) is 2. The maximum Gasteiger partial charge on any atom is 0.338 e. The summed E-state index contributed by atoms with van der Waals surface area (Å²) in [5.74, 6) is 0.0732. The molecule has 0 radical (unpaired) electrons. The fourth-order valence-corrected chi connectivity index (χ4v) is 4.47. The van der Waals surface area contributed by atoms with Gasteiger partial charge in [0.2, 0.25) is 0 Å². The molecule has 5 atom stereocenters. The molecule has 2 N–H and O–H groups in total. The van der Waals surface area contributed by atoms with Crippen molar-refractivity contribution >= 4 is 16.3 Å². The second kappa shape index (κ2) is 13.1. The Kier molecular flexibility index (Phi) is 10.2. The van der Waals surface area contributed by atoms with Crippen molar-refractivity contribution in [3.8, 4) is 5.75 Å². The highest BCUT2D eigenvalue weighted by molar-refractivity contribution is 7.83. The van der Waals surface area contributed by atoms with Crippen LogP contribution in [0.3, 0.4) is 0 Å². The van der Waals surface area contributed by atoms with E-state index in [-0.39, 0.29) is 19.8 Å². The molecule has 1 aliphatic heterocycles. The number of nitrogens with one attached hydrogen (secondary N) is 1. The minimum atomic E-state index is -4.67. The zero-order valence-corrected chi connectivity index (χ0v) is 21.1. The molecule has 1 heterocycles. The summed E-state index contributed by atoms with van der Waals surface area (Å²) in [6.07, 6.45) is -3.99. The van der Waals surface area contributed by atoms with E-state index in [4.69, 9.17) is 28.4 Å². The van der Waals surface area contributed by atoms with E-state index in [0.29, 0.717) is 11.3 Å². The van der Waals surface area contributed by atoms with Gasteiger partial charge in [-0.3, -0.25) is 4.55 Å². The number of carbonyl (C=O) groups is 1. The quantitative estimate of drug-likeness (QED) is 0.312. The lowest BCUT2D eigenvalue weighted by molar-refractivity contribution is -0.286. The third-order valence-corrected chi connectivity index (χ3v) is 6.09. The highest BCUT2D eigenvalue weighted by atomic mass is 32.2. The maximum atomic E-state index is 12.5. The number of benzene rings is 2. The van der Waals surface area contributed by atoms with Crippen molar-refractivity contribution in [2.24, 2.45) is 0 Å². The van der Waals surface area contributed by atoms with Crippen molar-refractivity contribution in [2.45, 2.75) is 44.2 Å². The van der Waals surface area contributed by atoms with E-state index in [1.54, 1.807) is 68.6 Å².